The van der Waals surface area contributed by atoms with Gasteiger partial charge in [0.1, 0.15) is 0 Å². The molecular weight excluding hydrogens is 478 g/mol. The van der Waals surface area contributed by atoms with Crippen LogP contribution < -0.4 is 0 Å². The van der Waals surface area contributed by atoms with Crippen molar-refractivity contribution in [2.45, 2.75) is 0 Å². The molecule has 1 nitrogen and oxygen atoms in total. The molecule has 0 aliphatic heterocycles. The normalized spacial score (nSPS) is 11.7. The van der Waals surface area contributed by atoms with E-state index in [1.54, 1.807) is 0 Å². The Balaban J connectivity index is 1.43. The highest BCUT2D eigenvalue weighted by Gasteiger charge is 2.15. The molecule has 2 aromatic heterocycles. The summed E-state index contributed by atoms with van der Waals surface area (Å²) in [6, 6.07) is 48.5. The summed E-state index contributed by atoms with van der Waals surface area (Å²) in [5, 5.41) is 5.17. The molecule has 0 bridgehead atoms. The SMILES string of the molecule is c1ccc(-c2ccc3sc4c(-c5ccc6[nH]c7ccccc7c6c5)cc(-c5ccccc5)cc4c3c2)cc1. The third-order valence-electron chi connectivity index (χ3n) is 7.60. The second-order valence-electron chi connectivity index (χ2n) is 9.88. The van der Waals surface area contributed by atoms with E-state index in [0.29, 0.717) is 0 Å². The highest BCUT2D eigenvalue weighted by atomic mass is 32.1. The number of para-hydroxylation sites is 1. The van der Waals surface area contributed by atoms with Gasteiger partial charge in [0.05, 0.1) is 0 Å². The summed E-state index contributed by atoms with van der Waals surface area (Å²) in [5.74, 6) is 0. The van der Waals surface area contributed by atoms with Crippen LogP contribution >= 0.6 is 11.3 Å². The number of rotatable bonds is 3. The van der Waals surface area contributed by atoms with Gasteiger partial charge in [0.2, 0.25) is 0 Å². The second-order valence-corrected chi connectivity index (χ2v) is 10.9. The summed E-state index contributed by atoms with van der Waals surface area (Å²) in [4.78, 5) is 3.58. The largest absolute Gasteiger partial charge is 0.355 e. The molecule has 6 aromatic carbocycles. The topological polar surface area (TPSA) is 15.8 Å². The van der Waals surface area contributed by atoms with Crippen LogP contribution in [-0.4, -0.2) is 4.98 Å². The average molecular weight is 502 g/mol. The van der Waals surface area contributed by atoms with Crippen LogP contribution in [0.1, 0.15) is 0 Å². The molecule has 0 atom stereocenters. The van der Waals surface area contributed by atoms with Crippen molar-refractivity contribution in [1.82, 2.24) is 4.98 Å². The first-order valence-electron chi connectivity index (χ1n) is 12.9. The average Bonchev–Trinajstić information content (AvgIpc) is 3.55. The standard InChI is InChI=1S/C36H23NS/c1-3-9-23(10-4-1)25-16-18-35-31(19-25)32-22-27(24-11-5-2-6-12-24)21-29(36(32)38-35)26-15-17-34-30(20-26)28-13-7-8-14-33(28)37-34/h1-22,37H. The Labute approximate surface area is 224 Å². The number of thiophene rings is 1. The van der Waals surface area contributed by atoms with Crippen molar-refractivity contribution in [2.75, 3.05) is 0 Å². The first-order valence-corrected chi connectivity index (χ1v) is 13.8. The van der Waals surface area contributed by atoms with Gasteiger partial charge in [-0.3, -0.25) is 0 Å². The smallest absolute Gasteiger partial charge is 0.0465 e. The molecule has 0 saturated carbocycles. The molecule has 2 heterocycles. The maximum absolute atomic E-state index is 3.58. The van der Waals surface area contributed by atoms with Crippen LogP contribution in [0.2, 0.25) is 0 Å². The molecule has 38 heavy (non-hydrogen) atoms. The number of fused-ring (bicyclic) bond motifs is 6. The lowest BCUT2D eigenvalue weighted by molar-refractivity contribution is 1.54. The monoisotopic (exact) mass is 501 g/mol. The summed E-state index contributed by atoms with van der Waals surface area (Å²) >= 11 is 1.89. The van der Waals surface area contributed by atoms with Crippen molar-refractivity contribution < 1.29 is 0 Å². The van der Waals surface area contributed by atoms with E-state index >= 15 is 0 Å². The molecule has 8 aromatic rings. The van der Waals surface area contributed by atoms with E-state index in [1.165, 1.54) is 75.4 Å². The van der Waals surface area contributed by atoms with Crippen LogP contribution in [0, 0.1) is 0 Å². The van der Waals surface area contributed by atoms with Crippen molar-refractivity contribution in [3.63, 3.8) is 0 Å². The van der Waals surface area contributed by atoms with Gasteiger partial charge < -0.3 is 4.98 Å². The molecular formula is C36H23NS. The Morgan fingerprint density at radius 2 is 1.03 bits per heavy atom. The number of benzene rings is 6. The molecule has 2 heteroatoms. The van der Waals surface area contributed by atoms with Crippen molar-refractivity contribution in [3.8, 4) is 33.4 Å². The van der Waals surface area contributed by atoms with Crippen LogP contribution in [0.5, 0.6) is 0 Å². The number of hydrogen-bond acceptors (Lipinski definition) is 1. The van der Waals surface area contributed by atoms with E-state index < -0.39 is 0 Å². The number of aromatic amines is 1. The zero-order valence-corrected chi connectivity index (χ0v) is 21.4. The van der Waals surface area contributed by atoms with E-state index in [1.807, 2.05) is 11.3 Å². The molecule has 0 saturated heterocycles. The second kappa shape index (κ2) is 8.44. The maximum Gasteiger partial charge on any atom is 0.0465 e. The van der Waals surface area contributed by atoms with Crippen molar-refractivity contribution in [3.05, 3.63) is 133 Å². The summed E-state index contributed by atoms with van der Waals surface area (Å²) in [7, 11) is 0. The lowest BCUT2D eigenvalue weighted by Crippen LogP contribution is -1.84. The molecule has 0 spiro atoms. The lowest BCUT2D eigenvalue weighted by Gasteiger charge is -2.10. The Hall–Kier alpha value is -4.66. The first-order chi connectivity index (χ1) is 18.8. The molecule has 0 fully saturated rings. The van der Waals surface area contributed by atoms with Crippen LogP contribution in [0.15, 0.2) is 133 Å². The van der Waals surface area contributed by atoms with Gasteiger partial charge in [-0.1, -0.05) is 91.0 Å². The zero-order chi connectivity index (χ0) is 25.1. The van der Waals surface area contributed by atoms with Crippen molar-refractivity contribution in [2.24, 2.45) is 0 Å². The van der Waals surface area contributed by atoms with Gasteiger partial charge in [0.25, 0.3) is 0 Å². The van der Waals surface area contributed by atoms with E-state index in [-0.39, 0.29) is 0 Å². The number of H-pyrrole nitrogens is 1. The van der Waals surface area contributed by atoms with Crippen molar-refractivity contribution in [1.29, 1.82) is 0 Å². The third-order valence-corrected chi connectivity index (χ3v) is 8.82. The fourth-order valence-electron chi connectivity index (χ4n) is 5.72. The summed E-state index contributed by atoms with van der Waals surface area (Å²) < 4.78 is 2.66. The molecule has 8 rings (SSSR count). The molecule has 178 valence electrons. The summed E-state index contributed by atoms with van der Waals surface area (Å²) in [6.45, 7) is 0. The van der Waals surface area contributed by atoms with E-state index in [9.17, 15) is 0 Å². The quantitative estimate of drug-likeness (QED) is 0.248. The minimum Gasteiger partial charge on any atom is -0.355 e. The highest BCUT2D eigenvalue weighted by molar-refractivity contribution is 7.26. The van der Waals surface area contributed by atoms with Gasteiger partial charge in [-0.05, 0) is 70.3 Å². The molecule has 0 aliphatic rings. The minimum atomic E-state index is 1.18. The highest BCUT2D eigenvalue weighted by Crippen LogP contribution is 2.44. The predicted octanol–water partition coefficient (Wildman–Crippen LogP) is 10.7. The van der Waals surface area contributed by atoms with Crippen molar-refractivity contribution >= 4 is 53.3 Å². The van der Waals surface area contributed by atoms with E-state index in [0.717, 1.165) is 0 Å². The number of aromatic nitrogens is 1. The van der Waals surface area contributed by atoms with Crippen LogP contribution in [0.25, 0.3) is 75.4 Å². The van der Waals surface area contributed by atoms with E-state index in [4.69, 9.17) is 0 Å². The van der Waals surface area contributed by atoms with Gasteiger partial charge in [-0.25, -0.2) is 0 Å². The molecule has 0 aliphatic carbocycles. The van der Waals surface area contributed by atoms with Crippen LogP contribution in [0.4, 0.5) is 0 Å². The van der Waals surface area contributed by atoms with Gasteiger partial charge in [0, 0.05) is 47.5 Å². The fraction of sp³-hybridized carbons (Fsp3) is 0. The molecule has 0 unspecified atom stereocenters. The van der Waals surface area contributed by atoms with Gasteiger partial charge in [-0.2, -0.15) is 0 Å². The Morgan fingerprint density at radius 1 is 0.395 bits per heavy atom. The van der Waals surface area contributed by atoms with Gasteiger partial charge >= 0.3 is 0 Å². The third kappa shape index (κ3) is 3.38. The zero-order valence-electron chi connectivity index (χ0n) is 20.6. The fourth-order valence-corrected chi connectivity index (χ4v) is 6.92. The number of nitrogens with one attached hydrogen (secondary N) is 1. The van der Waals surface area contributed by atoms with Crippen LogP contribution in [0.3, 0.4) is 0 Å². The Bertz CT molecular complexity index is 2110. The Kier molecular flexibility index (Phi) is 4.76. The number of hydrogen-bond donors (Lipinski definition) is 1. The lowest BCUT2D eigenvalue weighted by atomic mass is 9.94. The first kappa shape index (κ1) is 21.4. The van der Waals surface area contributed by atoms with Gasteiger partial charge in [0.15, 0.2) is 0 Å². The van der Waals surface area contributed by atoms with E-state index in [2.05, 4.69) is 138 Å². The maximum atomic E-state index is 3.58. The Morgan fingerprint density at radius 3 is 1.84 bits per heavy atom. The predicted molar refractivity (Wildman–Crippen MR) is 165 cm³/mol. The van der Waals surface area contributed by atoms with Gasteiger partial charge in [-0.15, -0.1) is 11.3 Å². The minimum absolute atomic E-state index is 1.18. The van der Waals surface area contributed by atoms with Crippen LogP contribution in [-0.2, 0) is 0 Å². The molecule has 1 N–H and O–H groups in total. The molecule has 0 amide bonds. The molecule has 0 radical (unpaired) electrons. The summed E-state index contributed by atoms with van der Waals surface area (Å²) in [6.07, 6.45) is 0. The summed E-state index contributed by atoms with van der Waals surface area (Å²) in [5.41, 5.74) is 9.88.